The van der Waals surface area contributed by atoms with Crippen LogP contribution in [0.25, 0.3) is 0 Å². The van der Waals surface area contributed by atoms with Gasteiger partial charge in [0, 0.05) is 25.6 Å². The van der Waals surface area contributed by atoms with E-state index in [4.69, 9.17) is 0 Å². The molecule has 1 rings (SSSR count). The number of likely N-dealkylation sites (tertiary alicyclic amines) is 1. The van der Waals surface area contributed by atoms with Crippen LogP contribution in [0.3, 0.4) is 0 Å². The van der Waals surface area contributed by atoms with E-state index in [2.05, 4.69) is 17.1 Å². The summed E-state index contributed by atoms with van der Waals surface area (Å²) in [6.07, 6.45) is 9.15. The molecule has 1 atom stereocenters. The number of carbonyl (C=O) groups is 1. The highest BCUT2D eigenvalue weighted by atomic mass is 16.2. The fraction of sp³-hybridized carbons (Fsp3) is 0.929. The molecule has 1 saturated heterocycles. The SMILES string of the molecule is CNC(C)CCCCN1CCCCCCC1=O. The Hall–Kier alpha value is -0.570. The fourth-order valence-electron chi connectivity index (χ4n) is 2.35. The molecule has 17 heavy (non-hydrogen) atoms. The Kier molecular flexibility index (Phi) is 7.25. The molecule has 1 N–H and O–H groups in total. The minimum Gasteiger partial charge on any atom is -0.343 e. The molecule has 1 heterocycles. The Morgan fingerprint density at radius 1 is 1.24 bits per heavy atom. The summed E-state index contributed by atoms with van der Waals surface area (Å²) in [5.41, 5.74) is 0. The topological polar surface area (TPSA) is 32.3 Å². The second-order valence-corrected chi connectivity index (χ2v) is 5.23. The minimum atomic E-state index is 0.381. The van der Waals surface area contributed by atoms with Crippen LogP contribution in [0.2, 0.25) is 0 Å². The number of carbonyl (C=O) groups excluding carboxylic acids is 1. The molecule has 3 nitrogen and oxygen atoms in total. The summed E-state index contributed by atoms with van der Waals surface area (Å²) in [7, 11) is 2.01. The maximum absolute atomic E-state index is 11.9. The van der Waals surface area contributed by atoms with Crippen LogP contribution in [0.4, 0.5) is 0 Å². The van der Waals surface area contributed by atoms with Crippen LogP contribution in [0.1, 0.15) is 58.3 Å². The summed E-state index contributed by atoms with van der Waals surface area (Å²) < 4.78 is 0. The van der Waals surface area contributed by atoms with E-state index in [9.17, 15) is 4.79 Å². The van der Waals surface area contributed by atoms with Crippen LogP contribution in [0.5, 0.6) is 0 Å². The van der Waals surface area contributed by atoms with Crippen molar-refractivity contribution >= 4 is 5.91 Å². The van der Waals surface area contributed by atoms with E-state index in [-0.39, 0.29) is 0 Å². The van der Waals surface area contributed by atoms with Gasteiger partial charge in [0.15, 0.2) is 0 Å². The van der Waals surface area contributed by atoms with E-state index in [1.807, 2.05) is 7.05 Å². The summed E-state index contributed by atoms with van der Waals surface area (Å²) in [6, 6.07) is 0.595. The average Bonchev–Trinajstić information content (AvgIpc) is 2.32. The second-order valence-electron chi connectivity index (χ2n) is 5.23. The van der Waals surface area contributed by atoms with E-state index < -0.39 is 0 Å². The summed E-state index contributed by atoms with van der Waals surface area (Å²) in [5, 5.41) is 3.25. The van der Waals surface area contributed by atoms with E-state index in [0.29, 0.717) is 11.9 Å². The van der Waals surface area contributed by atoms with Gasteiger partial charge in [0.2, 0.25) is 5.91 Å². The van der Waals surface area contributed by atoms with Crippen molar-refractivity contribution in [3.8, 4) is 0 Å². The van der Waals surface area contributed by atoms with E-state index in [1.165, 1.54) is 32.1 Å². The summed E-state index contributed by atoms with van der Waals surface area (Å²) in [5.74, 6) is 0.381. The van der Waals surface area contributed by atoms with Gasteiger partial charge in [-0.2, -0.15) is 0 Å². The predicted molar refractivity (Wildman–Crippen MR) is 72.0 cm³/mol. The van der Waals surface area contributed by atoms with Crippen molar-refractivity contribution in [2.75, 3.05) is 20.1 Å². The minimum absolute atomic E-state index is 0.381. The molecule has 1 aliphatic heterocycles. The Morgan fingerprint density at radius 2 is 2.00 bits per heavy atom. The van der Waals surface area contributed by atoms with Gasteiger partial charge in [0.05, 0.1) is 0 Å². The zero-order valence-electron chi connectivity index (χ0n) is 11.5. The molecule has 1 fully saturated rings. The molecule has 0 aromatic carbocycles. The Balaban J connectivity index is 2.16. The highest BCUT2D eigenvalue weighted by molar-refractivity contribution is 5.76. The van der Waals surface area contributed by atoms with Gasteiger partial charge in [-0.15, -0.1) is 0 Å². The molecule has 100 valence electrons. The van der Waals surface area contributed by atoms with Gasteiger partial charge in [-0.25, -0.2) is 0 Å². The molecule has 0 saturated carbocycles. The molecular formula is C14H28N2O. The number of nitrogens with one attached hydrogen (secondary N) is 1. The molecule has 0 radical (unpaired) electrons. The number of hydrogen-bond donors (Lipinski definition) is 1. The van der Waals surface area contributed by atoms with Crippen molar-refractivity contribution in [1.29, 1.82) is 0 Å². The van der Waals surface area contributed by atoms with Gasteiger partial charge < -0.3 is 10.2 Å². The summed E-state index contributed by atoms with van der Waals surface area (Å²) in [6.45, 7) is 4.16. The maximum atomic E-state index is 11.9. The Labute approximate surface area is 106 Å². The predicted octanol–water partition coefficient (Wildman–Crippen LogP) is 2.56. The van der Waals surface area contributed by atoms with Crippen LogP contribution in [-0.4, -0.2) is 37.0 Å². The first-order valence-electron chi connectivity index (χ1n) is 7.19. The van der Waals surface area contributed by atoms with Crippen LogP contribution in [0.15, 0.2) is 0 Å². The van der Waals surface area contributed by atoms with Crippen molar-refractivity contribution in [2.24, 2.45) is 0 Å². The molecule has 1 amide bonds. The van der Waals surface area contributed by atoms with Gasteiger partial charge in [-0.3, -0.25) is 4.79 Å². The number of nitrogens with zero attached hydrogens (tertiary/aromatic N) is 1. The molecule has 0 spiro atoms. The first-order chi connectivity index (χ1) is 8.24. The van der Waals surface area contributed by atoms with Gasteiger partial charge in [-0.1, -0.05) is 19.3 Å². The molecule has 1 aliphatic rings. The molecule has 0 aromatic rings. The molecular weight excluding hydrogens is 212 g/mol. The summed E-state index contributed by atoms with van der Waals surface area (Å²) >= 11 is 0. The number of unbranched alkanes of at least 4 members (excludes halogenated alkanes) is 1. The van der Waals surface area contributed by atoms with E-state index in [0.717, 1.165) is 32.4 Å². The lowest BCUT2D eigenvalue weighted by molar-refractivity contribution is -0.131. The normalized spacial score (nSPS) is 19.9. The molecule has 0 aliphatic carbocycles. The second kappa shape index (κ2) is 8.51. The third kappa shape index (κ3) is 6.06. The van der Waals surface area contributed by atoms with Crippen molar-refractivity contribution in [1.82, 2.24) is 10.2 Å². The first kappa shape index (κ1) is 14.5. The standard InChI is InChI=1S/C14H28N2O/c1-13(15-2)9-6-8-12-16-11-7-4-3-5-10-14(16)17/h13,15H,3-12H2,1-2H3. The largest absolute Gasteiger partial charge is 0.343 e. The monoisotopic (exact) mass is 240 g/mol. The van der Waals surface area contributed by atoms with E-state index in [1.54, 1.807) is 0 Å². The molecule has 0 bridgehead atoms. The lowest BCUT2D eigenvalue weighted by Crippen LogP contribution is -2.33. The van der Waals surface area contributed by atoms with Crippen LogP contribution in [0, 0.1) is 0 Å². The quantitative estimate of drug-likeness (QED) is 0.724. The smallest absolute Gasteiger partial charge is 0.222 e. The van der Waals surface area contributed by atoms with Crippen molar-refractivity contribution in [3.63, 3.8) is 0 Å². The average molecular weight is 240 g/mol. The zero-order valence-corrected chi connectivity index (χ0v) is 11.5. The van der Waals surface area contributed by atoms with Gasteiger partial charge in [0.1, 0.15) is 0 Å². The third-order valence-corrected chi connectivity index (χ3v) is 3.73. The molecule has 3 heteroatoms. The van der Waals surface area contributed by atoms with E-state index >= 15 is 0 Å². The third-order valence-electron chi connectivity index (χ3n) is 3.73. The first-order valence-corrected chi connectivity index (χ1v) is 7.19. The Morgan fingerprint density at radius 3 is 2.76 bits per heavy atom. The highest BCUT2D eigenvalue weighted by Crippen LogP contribution is 2.12. The lowest BCUT2D eigenvalue weighted by atomic mass is 10.1. The maximum Gasteiger partial charge on any atom is 0.222 e. The van der Waals surface area contributed by atoms with Gasteiger partial charge in [0.25, 0.3) is 0 Å². The molecule has 0 aromatic heterocycles. The van der Waals surface area contributed by atoms with Crippen LogP contribution < -0.4 is 5.32 Å². The van der Waals surface area contributed by atoms with Crippen LogP contribution in [-0.2, 0) is 4.79 Å². The Bertz CT molecular complexity index is 218. The van der Waals surface area contributed by atoms with Crippen LogP contribution >= 0.6 is 0 Å². The summed E-state index contributed by atoms with van der Waals surface area (Å²) in [4.78, 5) is 14.0. The zero-order chi connectivity index (χ0) is 12.5. The fourth-order valence-corrected chi connectivity index (χ4v) is 2.35. The number of amides is 1. The van der Waals surface area contributed by atoms with Gasteiger partial charge in [-0.05, 0) is 39.7 Å². The number of rotatable bonds is 6. The van der Waals surface area contributed by atoms with Gasteiger partial charge >= 0.3 is 0 Å². The highest BCUT2D eigenvalue weighted by Gasteiger charge is 2.14. The van der Waals surface area contributed by atoms with Crippen molar-refractivity contribution in [3.05, 3.63) is 0 Å². The lowest BCUT2D eigenvalue weighted by Gasteiger charge is -2.25. The van der Waals surface area contributed by atoms with Crippen molar-refractivity contribution < 1.29 is 4.79 Å². The van der Waals surface area contributed by atoms with Crippen molar-refractivity contribution in [2.45, 2.75) is 64.3 Å². The number of hydrogen-bond acceptors (Lipinski definition) is 2. The molecule has 1 unspecified atom stereocenters.